The van der Waals surface area contributed by atoms with Crippen LogP contribution in [0.25, 0.3) is 0 Å². The van der Waals surface area contributed by atoms with Crippen LogP contribution in [0.1, 0.15) is 77.6 Å². The summed E-state index contributed by atoms with van der Waals surface area (Å²) in [5.74, 6) is 0. The molecule has 1 saturated carbocycles. The van der Waals surface area contributed by atoms with E-state index in [2.05, 4.69) is 6.92 Å². The summed E-state index contributed by atoms with van der Waals surface area (Å²) in [6.45, 7) is 2.22. The van der Waals surface area contributed by atoms with E-state index in [1.807, 2.05) is 0 Å². The van der Waals surface area contributed by atoms with Crippen LogP contribution in [-0.2, 0) is 0 Å². The maximum atomic E-state index is 12.3. The average molecular weight is 204 g/mol. The van der Waals surface area contributed by atoms with Crippen LogP contribution < -0.4 is 24.0 Å². The molecule has 0 unspecified atom stereocenters. The van der Waals surface area contributed by atoms with Crippen molar-refractivity contribution in [1.29, 1.82) is 0 Å². The molecule has 0 heterocycles. The van der Waals surface area contributed by atoms with Crippen LogP contribution in [0.4, 0.5) is 0 Å². The Labute approximate surface area is 107 Å². The Morgan fingerprint density at radius 2 is 1.53 bits per heavy atom. The Morgan fingerprint density at radius 3 is 2.07 bits per heavy atom. The van der Waals surface area contributed by atoms with Crippen molar-refractivity contribution < 1.29 is 24.0 Å². The van der Waals surface area contributed by atoms with Crippen molar-refractivity contribution in [1.82, 2.24) is 0 Å². The minimum Gasteiger partial charge on any atom is -0.849 e. The minimum absolute atomic E-state index is 0. The predicted molar refractivity (Wildman–Crippen MR) is 59.2 cm³/mol. The molecule has 84 valence electrons. The molecular weight excluding hydrogens is 179 g/mol. The van der Waals surface area contributed by atoms with E-state index in [1.165, 1.54) is 44.9 Å². The molecule has 0 N–H and O–H groups in total. The van der Waals surface area contributed by atoms with Gasteiger partial charge in [0.1, 0.15) is 0 Å². The number of hydrogen-bond donors (Lipinski definition) is 0. The molecule has 0 radical (unpaired) electrons. The zero-order valence-corrected chi connectivity index (χ0v) is 10.7. The first-order valence-corrected chi connectivity index (χ1v) is 6.47. The molecule has 0 saturated heterocycles. The van der Waals surface area contributed by atoms with Crippen molar-refractivity contribution in [3.05, 3.63) is 0 Å². The summed E-state index contributed by atoms with van der Waals surface area (Å²) in [4.78, 5) is 0. The molecule has 1 rings (SSSR count). The molecule has 0 aliphatic heterocycles. The van der Waals surface area contributed by atoms with E-state index < -0.39 is 5.60 Å². The first kappa shape index (κ1) is 15.6. The van der Waals surface area contributed by atoms with E-state index >= 15 is 0 Å². The molecule has 15 heavy (non-hydrogen) atoms. The van der Waals surface area contributed by atoms with Gasteiger partial charge >= 0.3 is 18.9 Å². The second-order valence-corrected chi connectivity index (χ2v) is 4.91. The summed E-state index contributed by atoms with van der Waals surface area (Å²) in [7, 11) is 0. The van der Waals surface area contributed by atoms with Gasteiger partial charge in [-0.2, -0.15) is 0 Å². The summed E-state index contributed by atoms with van der Waals surface area (Å²) >= 11 is 0. The fourth-order valence-electron chi connectivity index (χ4n) is 2.50. The molecule has 0 aromatic carbocycles. The molecule has 1 fully saturated rings. The van der Waals surface area contributed by atoms with Gasteiger partial charge < -0.3 is 5.11 Å². The summed E-state index contributed by atoms with van der Waals surface area (Å²) in [6.07, 6.45) is 12.8. The van der Waals surface area contributed by atoms with Gasteiger partial charge in [-0.25, -0.2) is 0 Å². The van der Waals surface area contributed by atoms with Crippen LogP contribution in [0.3, 0.4) is 0 Å². The van der Waals surface area contributed by atoms with E-state index in [4.69, 9.17) is 0 Å². The summed E-state index contributed by atoms with van der Waals surface area (Å²) in [6, 6.07) is 0. The van der Waals surface area contributed by atoms with Crippen LogP contribution in [-0.4, -0.2) is 5.60 Å². The van der Waals surface area contributed by atoms with Crippen LogP contribution in [0.5, 0.6) is 0 Å². The van der Waals surface area contributed by atoms with Gasteiger partial charge in [0.2, 0.25) is 0 Å². The molecule has 0 atom stereocenters. The maximum Gasteiger partial charge on any atom is 1.00 e. The van der Waals surface area contributed by atoms with Crippen molar-refractivity contribution in [2.24, 2.45) is 0 Å². The van der Waals surface area contributed by atoms with Crippen molar-refractivity contribution in [2.45, 2.75) is 83.2 Å². The second kappa shape index (κ2) is 8.68. The molecule has 0 amide bonds. The predicted octanol–water partition coefficient (Wildman–Crippen LogP) is 0.414. The quantitative estimate of drug-likeness (QED) is 0.361. The number of rotatable bonds is 5. The normalized spacial score (nSPS) is 20.4. The van der Waals surface area contributed by atoms with Crippen LogP contribution in [0, 0.1) is 0 Å². The first-order chi connectivity index (χ1) is 6.77. The number of unbranched alkanes of at least 4 members (excludes halogenated alkanes) is 3. The monoisotopic (exact) mass is 204 g/mol. The first-order valence-electron chi connectivity index (χ1n) is 6.47. The van der Waals surface area contributed by atoms with Crippen molar-refractivity contribution >= 4 is 0 Å². The van der Waals surface area contributed by atoms with Crippen LogP contribution in [0.2, 0.25) is 0 Å². The molecule has 1 aliphatic carbocycles. The Kier molecular flexibility index (Phi) is 9.00. The molecule has 0 bridgehead atoms. The van der Waals surface area contributed by atoms with Gasteiger partial charge in [0.15, 0.2) is 0 Å². The molecule has 1 nitrogen and oxygen atoms in total. The van der Waals surface area contributed by atoms with Gasteiger partial charge in [-0.15, -0.1) is 5.60 Å². The largest absolute Gasteiger partial charge is 1.00 e. The van der Waals surface area contributed by atoms with Gasteiger partial charge in [-0.1, -0.05) is 77.6 Å². The van der Waals surface area contributed by atoms with Crippen LogP contribution in [0.15, 0.2) is 0 Å². The van der Waals surface area contributed by atoms with E-state index in [0.29, 0.717) is 0 Å². The maximum absolute atomic E-state index is 12.3. The van der Waals surface area contributed by atoms with Crippen molar-refractivity contribution in [2.75, 3.05) is 0 Å². The molecule has 1 aliphatic rings. The molecule has 0 aromatic heterocycles. The smallest absolute Gasteiger partial charge is 0.849 e. The van der Waals surface area contributed by atoms with Gasteiger partial charge in [0.25, 0.3) is 0 Å². The van der Waals surface area contributed by atoms with Gasteiger partial charge in [0, 0.05) is 0 Å². The van der Waals surface area contributed by atoms with Gasteiger partial charge in [0.05, 0.1) is 0 Å². The van der Waals surface area contributed by atoms with Crippen LogP contribution >= 0.6 is 0 Å². The second-order valence-electron chi connectivity index (χ2n) is 4.91. The van der Waals surface area contributed by atoms with E-state index in [9.17, 15) is 5.11 Å². The van der Waals surface area contributed by atoms with Crippen molar-refractivity contribution in [3.8, 4) is 0 Å². The Morgan fingerprint density at radius 1 is 0.933 bits per heavy atom. The minimum atomic E-state index is -0.537. The Hall–Kier alpha value is 0.557. The van der Waals surface area contributed by atoms with Gasteiger partial charge in [-0.3, -0.25) is 0 Å². The fraction of sp³-hybridized carbons (Fsp3) is 1.00. The molecular formula is C13H25LiO. The molecule has 0 spiro atoms. The Balaban J connectivity index is 0.00000196. The fourth-order valence-corrected chi connectivity index (χ4v) is 2.50. The zero-order chi connectivity index (χ0) is 10.3. The topological polar surface area (TPSA) is 23.1 Å². The van der Waals surface area contributed by atoms with E-state index in [0.717, 1.165) is 25.7 Å². The van der Waals surface area contributed by atoms with E-state index in [-0.39, 0.29) is 18.9 Å². The summed E-state index contributed by atoms with van der Waals surface area (Å²) < 4.78 is 0. The summed E-state index contributed by atoms with van der Waals surface area (Å²) in [5.41, 5.74) is -0.537. The zero-order valence-electron chi connectivity index (χ0n) is 10.7. The molecule has 2 heteroatoms. The SMILES string of the molecule is CCCCCCC1([O-])CCCCCC1.[Li+]. The average Bonchev–Trinajstić information content (AvgIpc) is 2.39. The molecule has 0 aromatic rings. The third-order valence-corrected chi connectivity index (χ3v) is 3.50. The third-order valence-electron chi connectivity index (χ3n) is 3.50. The van der Waals surface area contributed by atoms with Gasteiger partial charge in [-0.05, 0) is 0 Å². The standard InChI is InChI=1S/C13H25O.Li/c1-2-3-4-7-10-13(14)11-8-5-6-9-12-13;/h2-12H2,1H3;/q-1;+1. The Bertz CT molecular complexity index is 139. The van der Waals surface area contributed by atoms with Crippen molar-refractivity contribution in [3.63, 3.8) is 0 Å². The third kappa shape index (κ3) is 6.67. The number of hydrogen-bond acceptors (Lipinski definition) is 1. The van der Waals surface area contributed by atoms with E-state index in [1.54, 1.807) is 0 Å². The summed E-state index contributed by atoms with van der Waals surface area (Å²) in [5, 5.41) is 12.3.